The minimum atomic E-state index is -0.900. The molecule has 4 fully saturated rings. The number of aromatic nitrogens is 4. The average Bonchev–Trinajstić information content (AvgIpc) is 3.59. The fourth-order valence-corrected chi connectivity index (χ4v) is 9.91. The fourth-order valence-electron chi connectivity index (χ4n) is 9.77. The van der Waals surface area contributed by atoms with Crippen molar-refractivity contribution in [2.24, 2.45) is 0 Å². The molecule has 3 aromatic heterocycles. The summed E-state index contributed by atoms with van der Waals surface area (Å²) in [6.45, 7) is 7.54. The quantitative estimate of drug-likeness (QED) is 0.147. The van der Waals surface area contributed by atoms with Gasteiger partial charge in [0, 0.05) is 73.4 Å². The topological polar surface area (TPSA) is 196 Å². The third kappa shape index (κ3) is 8.98. The van der Waals surface area contributed by atoms with Gasteiger partial charge in [-0.05, 0) is 102 Å². The van der Waals surface area contributed by atoms with Crippen LogP contribution in [0.4, 0.5) is 17.5 Å². The second-order valence-corrected chi connectivity index (χ2v) is 18.1. The van der Waals surface area contributed by atoms with Gasteiger partial charge in [-0.2, -0.15) is 4.98 Å². The number of anilines is 3. The van der Waals surface area contributed by atoms with Gasteiger partial charge < -0.3 is 39.6 Å². The molecule has 4 aliphatic heterocycles. The molecule has 9 rings (SSSR count). The summed E-state index contributed by atoms with van der Waals surface area (Å²) >= 11 is 6.60. The highest BCUT2D eigenvalue weighted by molar-refractivity contribution is 6.33. The zero-order chi connectivity index (χ0) is 43.9. The number of amides is 3. The Kier molecular flexibility index (Phi) is 12.4. The minimum absolute atomic E-state index is 0.0954. The normalized spacial score (nSPS) is 23.7. The van der Waals surface area contributed by atoms with Crippen LogP contribution in [0.2, 0.25) is 5.02 Å². The Bertz CT molecular complexity index is 2450. The predicted octanol–water partition coefficient (Wildman–Crippen LogP) is 4.30. The number of likely N-dealkylation sites (N-methyl/N-ethyl adjacent to an activating group) is 1. The van der Waals surface area contributed by atoms with Gasteiger partial charge in [0.2, 0.25) is 17.8 Å². The summed E-state index contributed by atoms with van der Waals surface area (Å²) in [5.41, 5.74) is 3.77. The third-order valence-corrected chi connectivity index (χ3v) is 13.6. The van der Waals surface area contributed by atoms with Crippen LogP contribution < -0.4 is 31.1 Å². The number of benzene rings is 1. The standard InChI is InChI=1S/C45H55ClN10O7/c1-25(2)56-36-7-4-28(18-27(36)19-38(44(56)61)62-24-40(58)47-3)49-41-33(46)22-48-45(52-41)54-16-12-30(13-17-54)63-31-20-29(21-31)53-14-10-26(11-15-53)34-6-5-32-35(50-34)23-55(43(32)60)37-8-9-39(57)51-42(37)59/h4-7,18-19,22,25-26,29-31,37,43,60H,8-17,20-21,23-24H2,1-3H3,(H,47,58)(H,48,49,52)(H,51,57,59)/t29-,31-,37?,43?. The van der Waals surface area contributed by atoms with Crippen LogP contribution in [0.1, 0.15) is 100 Å². The lowest BCUT2D eigenvalue weighted by Gasteiger charge is -2.47. The van der Waals surface area contributed by atoms with E-state index in [4.69, 9.17) is 31.0 Å². The Hall–Kier alpha value is -5.20. The van der Waals surface area contributed by atoms with Crippen LogP contribution in [0.3, 0.4) is 0 Å². The first-order valence-electron chi connectivity index (χ1n) is 22.2. The number of piperidine rings is 3. The minimum Gasteiger partial charge on any atom is -0.478 e. The fraction of sp³-hybridized carbons (Fsp3) is 0.533. The molecule has 334 valence electrons. The maximum Gasteiger partial charge on any atom is 0.293 e. The molecule has 4 N–H and O–H groups in total. The number of rotatable bonds is 12. The molecule has 3 saturated heterocycles. The molecule has 18 heteroatoms. The van der Waals surface area contributed by atoms with Crippen molar-refractivity contribution in [1.29, 1.82) is 0 Å². The summed E-state index contributed by atoms with van der Waals surface area (Å²) < 4.78 is 13.9. The van der Waals surface area contributed by atoms with Gasteiger partial charge >= 0.3 is 0 Å². The number of likely N-dealkylation sites (tertiary alicyclic amines) is 1. The third-order valence-electron chi connectivity index (χ3n) is 13.4. The van der Waals surface area contributed by atoms with Crippen LogP contribution in [-0.4, -0.2) is 116 Å². The second-order valence-electron chi connectivity index (χ2n) is 17.7. The Morgan fingerprint density at radius 2 is 1.76 bits per heavy atom. The molecule has 4 aromatic rings. The van der Waals surface area contributed by atoms with Crippen molar-refractivity contribution in [2.75, 3.05) is 50.1 Å². The van der Waals surface area contributed by atoms with Crippen molar-refractivity contribution < 1.29 is 29.0 Å². The Labute approximate surface area is 370 Å². The highest BCUT2D eigenvalue weighted by atomic mass is 35.5. The van der Waals surface area contributed by atoms with E-state index in [-0.39, 0.29) is 60.3 Å². The summed E-state index contributed by atoms with van der Waals surface area (Å²) in [7, 11) is 1.52. The monoisotopic (exact) mass is 882 g/mol. The van der Waals surface area contributed by atoms with Gasteiger partial charge in [-0.25, -0.2) is 4.98 Å². The molecule has 2 atom stereocenters. The lowest BCUT2D eigenvalue weighted by Crippen LogP contribution is -2.52. The van der Waals surface area contributed by atoms with E-state index < -0.39 is 12.3 Å². The van der Waals surface area contributed by atoms with Crippen LogP contribution in [-0.2, 0) is 25.7 Å². The maximum absolute atomic E-state index is 13.2. The van der Waals surface area contributed by atoms with E-state index in [0.29, 0.717) is 41.7 Å². The number of imide groups is 1. The second kappa shape index (κ2) is 18.1. The van der Waals surface area contributed by atoms with Crippen LogP contribution in [0.15, 0.2) is 47.4 Å². The molecule has 2 unspecified atom stereocenters. The molecule has 0 radical (unpaired) electrons. The van der Waals surface area contributed by atoms with Crippen molar-refractivity contribution in [1.82, 2.24) is 40.0 Å². The number of fused-ring (bicyclic) bond motifs is 2. The Morgan fingerprint density at radius 3 is 2.49 bits per heavy atom. The highest BCUT2D eigenvalue weighted by Gasteiger charge is 2.42. The summed E-state index contributed by atoms with van der Waals surface area (Å²) in [6.07, 6.45) is 7.72. The molecular weight excluding hydrogens is 828 g/mol. The number of hydrogen-bond acceptors (Lipinski definition) is 14. The molecule has 1 saturated carbocycles. The van der Waals surface area contributed by atoms with Crippen molar-refractivity contribution in [3.05, 3.63) is 74.9 Å². The smallest absolute Gasteiger partial charge is 0.293 e. The number of pyridine rings is 2. The number of ether oxygens (including phenoxy) is 2. The zero-order valence-corrected chi connectivity index (χ0v) is 36.6. The molecule has 63 heavy (non-hydrogen) atoms. The van der Waals surface area contributed by atoms with Gasteiger partial charge in [-0.15, -0.1) is 0 Å². The van der Waals surface area contributed by atoms with Gasteiger partial charge in [0.15, 0.2) is 18.2 Å². The summed E-state index contributed by atoms with van der Waals surface area (Å²) in [5, 5.41) is 20.4. The molecule has 0 spiro atoms. The van der Waals surface area contributed by atoms with Crippen molar-refractivity contribution in [2.45, 2.75) is 114 Å². The molecular formula is C45H55ClN10O7. The van der Waals surface area contributed by atoms with Crippen LogP contribution >= 0.6 is 11.6 Å². The van der Waals surface area contributed by atoms with Gasteiger partial charge in [-0.3, -0.25) is 34.4 Å². The number of nitrogens with zero attached hydrogens (tertiary/aromatic N) is 7. The van der Waals surface area contributed by atoms with E-state index in [9.17, 15) is 24.3 Å². The maximum atomic E-state index is 13.2. The lowest BCUT2D eigenvalue weighted by molar-refractivity contribution is -0.141. The van der Waals surface area contributed by atoms with E-state index in [0.717, 1.165) is 98.2 Å². The SMILES string of the molecule is CNC(=O)COc1cc2cc(Nc3nc(N4CCC(O[C@H]5C[C@H](N6CCC(c7ccc8c(n7)CN(C7CCC(=O)NC7=O)C8O)CC6)C5)CC4)ncc3Cl)ccc2n(C(C)C)c1=O. The summed E-state index contributed by atoms with van der Waals surface area (Å²) in [4.78, 5) is 70.1. The number of carbonyl (C=O) groups excluding carboxylic acids is 3. The van der Waals surface area contributed by atoms with Crippen LogP contribution in [0, 0.1) is 0 Å². The number of aliphatic hydroxyl groups excluding tert-OH is 1. The molecule has 5 aliphatic rings. The van der Waals surface area contributed by atoms with Crippen molar-refractivity contribution in [3.8, 4) is 5.75 Å². The number of carbonyl (C=O) groups is 3. The van der Waals surface area contributed by atoms with Gasteiger partial charge in [-0.1, -0.05) is 17.7 Å². The molecule has 7 heterocycles. The lowest BCUT2D eigenvalue weighted by atomic mass is 9.84. The number of nitrogens with one attached hydrogen (secondary N) is 3. The van der Waals surface area contributed by atoms with E-state index >= 15 is 0 Å². The Morgan fingerprint density at radius 1 is 0.984 bits per heavy atom. The predicted molar refractivity (Wildman–Crippen MR) is 236 cm³/mol. The molecule has 3 amide bonds. The van der Waals surface area contributed by atoms with E-state index in [2.05, 4.69) is 30.7 Å². The van der Waals surface area contributed by atoms with Crippen molar-refractivity contribution >= 4 is 57.7 Å². The summed E-state index contributed by atoms with van der Waals surface area (Å²) in [5.74, 6) is 0.567. The molecule has 17 nitrogen and oxygen atoms in total. The van der Waals surface area contributed by atoms with Gasteiger partial charge in [0.05, 0.1) is 35.7 Å². The molecule has 1 aromatic carbocycles. The van der Waals surface area contributed by atoms with Crippen LogP contribution in [0.25, 0.3) is 10.9 Å². The first kappa shape index (κ1) is 43.1. The number of halogens is 1. The van der Waals surface area contributed by atoms with E-state index in [1.807, 2.05) is 44.2 Å². The van der Waals surface area contributed by atoms with Crippen molar-refractivity contribution in [3.63, 3.8) is 0 Å². The van der Waals surface area contributed by atoms with E-state index in [1.54, 1.807) is 21.7 Å². The summed E-state index contributed by atoms with van der Waals surface area (Å²) in [6, 6.07) is 11.2. The Balaban J connectivity index is 0.739. The molecule has 0 bridgehead atoms. The highest BCUT2D eigenvalue weighted by Crippen LogP contribution is 2.39. The van der Waals surface area contributed by atoms with Crippen LogP contribution in [0.5, 0.6) is 5.75 Å². The number of aliphatic hydroxyl groups is 1. The van der Waals surface area contributed by atoms with Gasteiger partial charge in [0.1, 0.15) is 11.3 Å². The first-order valence-corrected chi connectivity index (χ1v) is 22.5. The number of hydrogen-bond donors (Lipinski definition) is 4. The largest absolute Gasteiger partial charge is 0.478 e. The average molecular weight is 883 g/mol. The first-order chi connectivity index (χ1) is 30.4. The van der Waals surface area contributed by atoms with Gasteiger partial charge in [0.25, 0.3) is 11.5 Å². The molecule has 1 aliphatic carbocycles. The van der Waals surface area contributed by atoms with E-state index in [1.165, 1.54) is 7.05 Å². The zero-order valence-electron chi connectivity index (χ0n) is 35.9.